The third-order valence-corrected chi connectivity index (χ3v) is 5.03. The van der Waals surface area contributed by atoms with Gasteiger partial charge in [0.05, 0.1) is 12.1 Å². The molecule has 2 aliphatic heterocycles. The van der Waals surface area contributed by atoms with Gasteiger partial charge < -0.3 is 9.80 Å². The number of likely N-dealkylation sites (tertiary alicyclic amines) is 1. The van der Waals surface area contributed by atoms with Crippen molar-refractivity contribution >= 4 is 11.8 Å². The van der Waals surface area contributed by atoms with E-state index < -0.39 is 23.7 Å². The number of hydrogen-bond acceptors (Lipinski definition) is 3. The van der Waals surface area contributed by atoms with E-state index in [-0.39, 0.29) is 29.2 Å². The summed E-state index contributed by atoms with van der Waals surface area (Å²) in [5.41, 5.74) is -1.21. The molecule has 2 bridgehead atoms. The second-order valence-electron chi connectivity index (χ2n) is 7.03. The van der Waals surface area contributed by atoms with Crippen molar-refractivity contribution in [1.29, 1.82) is 0 Å². The Balaban J connectivity index is 1.93. The van der Waals surface area contributed by atoms with Crippen molar-refractivity contribution in [2.24, 2.45) is 0 Å². The van der Waals surface area contributed by atoms with E-state index >= 15 is 0 Å². The molecule has 2 unspecified atom stereocenters. The van der Waals surface area contributed by atoms with E-state index in [0.717, 1.165) is 12.8 Å². The molecule has 2 amide bonds. The number of amides is 2. The van der Waals surface area contributed by atoms with Crippen LogP contribution in [0.2, 0.25) is 0 Å². The van der Waals surface area contributed by atoms with Crippen LogP contribution in [0.1, 0.15) is 61.3 Å². The molecule has 0 aromatic carbocycles. The fraction of sp³-hybridized carbons (Fsp3) is 0.688. The number of aromatic amines is 1. The first-order valence-electron chi connectivity index (χ1n) is 8.34. The van der Waals surface area contributed by atoms with E-state index in [9.17, 15) is 22.8 Å². The van der Waals surface area contributed by atoms with Crippen molar-refractivity contribution in [1.82, 2.24) is 20.0 Å². The highest BCUT2D eigenvalue weighted by Gasteiger charge is 2.46. The molecule has 3 heterocycles. The number of carbonyl (C=O) groups is 2. The van der Waals surface area contributed by atoms with E-state index in [1.165, 1.54) is 6.92 Å². The van der Waals surface area contributed by atoms with Gasteiger partial charge in [-0.2, -0.15) is 18.3 Å². The number of fused-ring (bicyclic) bond motifs is 2. The highest BCUT2D eigenvalue weighted by molar-refractivity contribution is 5.95. The van der Waals surface area contributed by atoms with Gasteiger partial charge in [0.15, 0.2) is 5.69 Å². The zero-order valence-corrected chi connectivity index (χ0v) is 14.4. The van der Waals surface area contributed by atoms with Gasteiger partial charge in [-0.1, -0.05) is 13.8 Å². The van der Waals surface area contributed by atoms with Crippen LogP contribution in [0.5, 0.6) is 0 Å². The Kier molecular flexibility index (Phi) is 4.28. The summed E-state index contributed by atoms with van der Waals surface area (Å²) in [7, 11) is 0. The molecule has 2 fully saturated rings. The second kappa shape index (κ2) is 6.03. The zero-order chi connectivity index (χ0) is 18.5. The maximum atomic E-state index is 13.2. The molecule has 1 N–H and O–H groups in total. The van der Waals surface area contributed by atoms with Gasteiger partial charge in [0.1, 0.15) is 5.69 Å². The van der Waals surface area contributed by atoms with Gasteiger partial charge in [0.25, 0.3) is 5.91 Å². The number of carbonyl (C=O) groups excluding carboxylic acids is 2. The number of aromatic nitrogens is 2. The highest BCUT2D eigenvalue weighted by Crippen LogP contribution is 2.37. The minimum Gasteiger partial charge on any atom is -0.339 e. The third kappa shape index (κ3) is 3.00. The van der Waals surface area contributed by atoms with Crippen molar-refractivity contribution in [3.8, 4) is 0 Å². The summed E-state index contributed by atoms with van der Waals surface area (Å²) in [6.07, 6.45) is -3.10. The van der Waals surface area contributed by atoms with Gasteiger partial charge in [-0.15, -0.1) is 0 Å². The lowest BCUT2D eigenvalue weighted by Crippen LogP contribution is -2.56. The van der Waals surface area contributed by atoms with Crippen LogP contribution in [0.25, 0.3) is 0 Å². The smallest absolute Gasteiger partial charge is 0.339 e. The minimum absolute atomic E-state index is 0.0500. The lowest BCUT2D eigenvalue weighted by molar-refractivity contribution is -0.142. The Bertz CT molecular complexity index is 684. The second-order valence-corrected chi connectivity index (χ2v) is 7.03. The number of piperazine rings is 1. The number of rotatable bonds is 2. The van der Waals surface area contributed by atoms with Gasteiger partial charge in [0, 0.05) is 25.6 Å². The summed E-state index contributed by atoms with van der Waals surface area (Å²) >= 11 is 0. The van der Waals surface area contributed by atoms with E-state index in [1.807, 2.05) is 5.10 Å². The van der Waals surface area contributed by atoms with Crippen molar-refractivity contribution < 1.29 is 22.8 Å². The first-order valence-corrected chi connectivity index (χ1v) is 8.34. The Hall–Kier alpha value is -2.06. The Morgan fingerprint density at radius 2 is 1.76 bits per heavy atom. The maximum absolute atomic E-state index is 13.2. The normalized spacial score (nSPS) is 23.5. The predicted molar refractivity (Wildman–Crippen MR) is 82.9 cm³/mol. The van der Waals surface area contributed by atoms with Crippen molar-refractivity contribution in [3.63, 3.8) is 0 Å². The SMILES string of the molecule is CC(=O)N1CC2CCC(C1)N2C(=O)c1n[nH]c(C(F)(F)F)c1C(C)C. The molecule has 9 heteroatoms. The number of alkyl halides is 3. The third-order valence-electron chi connectivity index (χ3n) is 5.03. The van der Waals surface area contributed by atoms with Gasteiger partial charge >= 0.3 is 6.18 Å². The molecule has 6 nitrogen and oxygen atoms in total. The molecule has 25 heavy (non-hydrogen) atoms. The molecule has 0 saturated carbocycles. The molecular formula is C16H21F3N4O2. The molecule has 2 aliphatic rings. The molecule has 138 valence electrons. The molecule has 0 aliphatic carbocycles. The van der Waals surface area contributed by atoms with Crippen LogP contribution in [-0.2, 0) is 11.0 Å². The van der Waals surface area contributed by atoms with Crippen LogP contribution >= 0.6 is 0 Å². The number of nitrogens with zero attached hydrogens (tertiary/aromatic N) is 3. The fourth-order valence-electron chi connectivity index (χ4n) is 3.91. The largest absolute Gasteiger partial charge is 0.433 e. The molecule has 2 saturated heterocycles. The lowest BCUT2D eigenvalue weighted by Gasteiger charge is -2.40. The molecule has 0 radical (unpaired) electrons. The topological polar surface area (TPSA) is 69.3 Å². The molecule has 3 rings (SSSR count). The molecule has 2 atom stereocenters. The fourth-order valence-corrected chi connectivity index (χ4v) is 3.91. The summed E-state index contributed by atoms with van der Waals surface area (Å²) < 4.78 is 39.6. The number of nitrogens with one attached hydrogen (secondary N) is 1. The average Bonchev–Trinajstić information content (AvgIpc) is 3.06. The van der Waals surface area contributed by atoms with Crippen molar-refractivity contribution in [2.75, 3.05) is 13.1 Å². The van der Waals surface area contributed by atoms with Crippen LogP contribution in [0.4, 0.5) is 13.2 Å². The van der Waals surface area contributed by atoms with Crippen LogP contribution in [0.3, 0.4) is 0 Å². The first kappa shape index (κ1) is 17.8. The Morgan fingerprint density at radius 3 is 2.20 bits per heavy atom. The first-order chi connectivity index (χ1) is 11.6. The van der Waals surface area contributed by atoms with Gasteiger partial charge in [0.2, 0.25) is 5.91 Å². The minimum atomic E-state index is -4.59. The van der Waals surface area contributed by atoms with E-state index in [0.29, 0.717) is 13.1 Å². The Labute approximate surface area is 143 Å². The zero-order valence-electron chi connectivity index (χ0n) is 14.4. The van der Waals surface area contributed by atoms with Gasteiger partial charge in [-0.05, 0) is 18.8 Å². The van der Waals surface area contributed by atoms with Crippen molar-refractivity contribution in [2.45, 2.75) is 57.8 Å². The number of hydrogen-bond donors (Lipinski definition) is 1. The van der Waals surface area contributed by atoms with Crippen molar-refractivity contribution in [3.05, 3.63) is 17.0 Å². The number of H-pyrrole nitrogens is 1. The van der Waals surface area contributed by atoms with E-state index in [1.54, 1.807) is 23.6 Å². The summed E-state index contributed by atoms with van der Waals surface area (Å²) in [5.74, 6) is -1.03. The van der Waals surface area contributed by atoms with E-state index in [4.69, 9.17) is 0 Å². The van der Waals surface area contributed by atoms with Crippen LogP contribution in [-0.4, -0.2) is 57.0 Å². The summed E-state index contributed by atoms with van der Waals surface area (Å²) in [6.45, 7) is 5.55. The molecular weight excluding hydrogens is 337 g/mol. The lowest BCUT2D eigenvalue weighted by atomic mass is 9.98. The molecule has 0 spiro atoms. The maximum Gasteiger partial charge on any atom is 0.433 e. The Morgan fingerprint density at radius 1 is 1.20 bits per heavy atom. The monoisotopic (exact) mass is 358 g/mol. The van der Waals surface area contributed by atoms with Crippen LogP contribution in [0, 0.1) is 0 Å². The summed E-state index contributed by atoms with van der Waals surface area (Å²) in [5, 5.41) is 5.72. The predicted octanol–water partition coefficient (Wildman–Crippen LogP) is 2.39. The van der Waals surface area contributed by atoms with Gasteiger partial charge in [-0.25, -0.2) is 0 Å². The van der Waals surface area contributed by atoms with Crippen LogP contribution < -0.4 is 0 Å². The van der Waals surface area contributed by atoms with Gasteiger partial charge in [-0.3, -0.25) is 14.7 Å². The highest BCUT2D eigenvalue weighted by atomic mass is 19.4. The standard InChI is InChI=1S/C16H21F3N4O2/c1-8(2)12-13(20-21-14(12)16(17,18)19)15(25)23-10-4-5-11(23)7-22(6-10)9(3)24/h8,10-11H,4-7H2,1-3H3,(H,20,21). The summed E-state index contributed by atoms with van der Waals surface area (Å²) in [6, 6.07) is -0.331. The molecule has 1 aromatic rings. The molecule has 1 aromatic heterocycles. The van der Waals surface area contributed by atoms with Crippen LogP contribution in [0.15, 0.2) is 0 Å². The number of halogens is 3. The average molecular weight is 358 g/mol. The quantitative estimate of drug-likeness (QED) is 0.883. The summed E-state index contributed by atoms with van der Waals surface area (Å²) in [4.78, 5) is 27.9. The van der Waals surface area contributed by atoms with E-state index in [2.05, 4.69) is 5.10 Å².